The van der Waals surface area contributed by atoms with Crippen LogP contribution in [0.1, 0.15) is 25.7 Å². The molecule has 6 heteroatoms. The van der Waals surface area contributed by atoms with Gasteiger partial charge in [0.2, 0.25) is 0 Å². The molecule has 2 aromatic rings. The van der Waals surface area contributed by atoms with Crippen molar-refractivity contribution in [1.82, 2.24) is 0 Å². The predicted molar refractivity (Wildman–Crippen MR) is 91.4 cm³/mol. The van der Waals surface area contributed by atoms with Crippen molar-refractivity contribution < 1.29 is 19.1 Å². The molecule has 0 aliphatic carbocycles. The van der Waals surface area contributed by atoms with E-state index >= 15 is 0 Å². The predicted octanol–water partition coefficient (Wildman–Crippen LogP) is 2.92. The number of esters is 2. The van der Waals surface area contributed by atoms with Crippen molar-refractivity contribution in [3.8, 4) is 11.5 Å². The van der Waals surface area contributed by atoms with Crippen LogP contribution in [0, 0.1) is 0 Å². The lowest BCUT2D eigenvalue weighted by atomic mass is 10.2. The van der Waals surface area contributed by atoms with E-state index in [2.05, 4.69) is 0 Å². The highest BCUT2D eigenvalue weighted by Crippen LogP contribution is 2.21. The van der Waals surface area contributed by atoms with Gasteiger partial charge in [0.25, 0.3) is 0 Å². The van der Waals surface area contributed by atoms with E-state index in [1.54, 1.807) is 48.5 Å². The number of anilines is 2. The van der Waals surface area contributed by atoms with Gasteiger partial charge in [0, 0.05) is 12.8 Å². The summed E-state index contributed by atoms with van der Waals surface area (Å²) in [5, 5.41) is 0. The zero-order valence-electron chi connectivity index (χ0n) is 13.2. The minimum Gasteiger partial charge on any atom is -0.424 e. The highest BCUT2D eigenvalue weighted by molar-refractivity contribution is 5.75. The maximum absolute atomic E-state index is 11.7. The Morgan fingerprint density at radius 2 is 1.08 bits per heavy atom. The van der Waals surface area contributed by atoms with Crippen molar-refractivity contribution in [3.05, 3.63) is 48.5 Å². The Bertz CT molecular complexity index is 654. The minimum absolute atomic E-state index is 0.203. The third-order valence-electron chi connectivity index (χ3n) is 3.30. The third kappa shape index (κ3) is 5.31. The van der Waals surface area contributed by atoms with Gasteiger partial charge < -0.3 is 20.9 Å². The van der Waals surface area contributed by atoms with Gasteiger partial charge in [-0.15, -0.1) is 0 Å². The van der Waals surface area contributed by atoms with Crippen molar-refractivity contribution in [2.24, 2.45) is 0 Å². The summed E-state index contributed by atoms with van der Waals surface area (Å²) in [5.41, 5.74) is 12.2. The van der Waals surface area contributed by atoms with E-state index in [0.717, 1.165) is 0 Å². The highest BCUT2D eigenvalue weighted by Gasteiger charge is 2.10. The summed E-state index contributed by atoms with van der Waals surface area (Å²) in [4.78, 5) is 23.5. The molecule has 126 valence electrons. The molecule has 0 bridgehead atoms. The second kappa shape index (κ2) is 8.57. The molecule has 0 atom stereocenters. The first-order valence-corrected chi connectivity index (χ1v) is 7.66. The number of rotatable bonds is 7. The van der Waals surface area contributed by atoms with Crippen LogP contribution in [0.5, 0.6) is 11.5 Å². The molecular weight excluding hydrogens is 308 g/mol. The van der Waals surface area contributed by atoms with E-state index in [1.165, 1.54) is 0 Å². The molecule has 2 rings (SSSR count). The molecule has 0 heterocycles. The number of hydrogen-bond acceptors (Lipinski definition) is 6. The lowest BCUT2D eigenvalue weighted by Crippen LogP contribution is -2.11. The zero-order valence-corrected chi connectivity index (χ0v) is 13.2. The molecule has 0 saturated heterocycles. The third-order valence-corrected chi connectivity index (χ3v) is 3.30. The van der Waals surface area contributed by atoms with Gasteiger partial charge in [-0.2, -0.15) is 0 Å². The van der Waals surface area contributed by atoms with Crippen LogP contribution < -0.4 is 20.9 Å². The van der Waals surface area contributed by atoms with Crippen LogP contribution in [0.25, 0.3) is 0 Å². The maximum atomic E-state index is 11.7. The van der Waals surface area contributed by atoms with E-state index in [1.807, 2.05) is 0 Å². The Labute approximate surface area is 140 Å². The molecule has 6 nitrogen and oxygen atoms in total. The van der Waals surface area contributed by atoms with Crippen molar-refractivity contribution in [2.45, 2.75) is 25.7 Å². The number of carbonyl (C=O) groups excluding carboxylic acids is 2. The van der Waals surface area contributed by atoms with Crippen molar-refractivity contribution in [1.29, 1.82) is 0 Å². The van der Waals surface area contributed by atoms with Crippen LogP contribution in [0.3, 0.4) is 0 Å². The molecule has 0 saturated carbocycles. The molecule has 0 aliphatic heterocycles. The van der Waals surface area contributed by atoms with E-state index in [9.17, 15) is 9.59 Å². The number of unbranched alkanes of at least 4 members (excludes halogenated alkanes) is 1. The van der Waals surface area contributed by atoms with Crippen molar-refractivity contribution in [3.63, 3.8) is 0 Å². The monoisotopic (exact) mass is 328 g/mol. The fourth-order valence-electron chi connectivity index (χ4n) is 2.03. The normalized spacial score (nSPS) is 10.2. The van der Waals surface area contributed by atoms with Crippen LogP contribution in [-0.4, -0.2) is 11.9 Å². The van der Waals surface area contributed by atoms with Crippen molar-refractivity contribution in [2.75, 3.05) is 11.5 Å². The van der Waals surface area contributed by atoms with Crippen LogP contribution in [0.2, 0.25) is 0 Å². The number of nitrogens with two attached hydrogens (primary N) is 2. The standard InChI is InChI=1S/C18H20N2O4/c19-13-7-1-3-9-15(13)23-17(21)11-5-6-12-18(22)24-16-10-4-2-8-14(16)20/h1-4,7-10H,5-6,11-12,19-20H2. The van der Waals surface area contributed by atoms with Gasteiger partial charge in [-0.25, -0.2) is 0 Å². The number of hydrogen-bond donors (Lipinski definition) is 2. The Hall–Kier alpha value is -3.02. The van der Waals surface area contributed by atoms with Crippen LogP contribution in [0.15, 0.2) is 48.5 Å². The molecule has 24 heavy (non-hydrogen) atoms. The van der Waals surface area contributed by atoms with Gasteiger partial charge in [-0.1, -0.05) is 24.3 Å². The molecule has 0 radical (unpaired) electrons. The zero-order chi connectivity index (χ0) is 17.4. The first kappa shape index (κ1) is 17.3. The number of benzene rings is 2. The quantitative estimate of drug-likeness (QED) is 0.350. The van der Waals surface area contributed by atoms with Gasteiger partial charge in [-0.05, 0) is 37.1 Å². The second-order valence-electron chi connectivity index (χ2n) is 5.23. The first-order chi connectivity index (χ1) is 11.6. The fraction of sp³-hybridized carbons (Fsp3) is 0.222. The van der Waals surface area contributed by atoms with E-state index in [4.69, 9.17) is 20.9 Å². The summed E-state index contributed by atoms with van der Waals surface area (Å²) in [6.45, 7) is 0. The summed E-state index contributed by atoms with van der Waals surface area (Å²) in [7, 11) is 0. The topological polar surface area (TPSA) is 105 Å². The molecule has 2 aromatic carbocycles. The lowest BCUT2D eigenvalue weighted by molar-refractivity contribution is -0.136. The van der Waals surface area contributed by atoms with E-state index in [0.29, 0.717) is 35.7 Å². The number of para-hydroxylation sites is 4. The summed E-state index contributed by atoms with van der Waals surface area (Å²) >= 11 is 0. The molecule has 4 N–H and O–H groups in total. The Morgan fingerprint density at radius 1 is 0.708 bits per heavy atom. The Kier molecular flexibility index (Phi) is 6.19. The van der Waals surface area contributed by atoms with Gasteiger partial charge in [0.15, 0.2) is 11.5 Å². The molecule has 0 unspecified atom stereocenters. The molecule has 0 amide bonds. The summed E-state index contributed by atoms with van der Waals surface area (Å²) in [6.07, 6.45) is 1.44. The first-order valence-electron chi connectivity index (χ1n) is 7.66. The number of carbonyl (C=O) groups is 2. The smallest absolute Gasteiger partial charge is 0.311 e. The van der Waals surface area contributed by atoms with E-state index in [-0.39, 0.29) is 24.8 Å². The molecule has 0 spiro atoms. The summed E-state index contributed by atoms with van der Waals surface area (Å²) in [5.74, 6) is -0.0648. The SMILES string of the molecule is Nc1ccccc1OC(=O)CCCCC(=O)Oc1ccccc1N. The van der Waals surface area contributed by atoms with Gasteiger partial charge in [-0.3, -0.25) is 9.59 Å². The summed E-state index contributed by atoms with van der Waals surface area (Å²) < 4.78 is 10.3. The highest BCUT2D eigenvalue weighted by atomic mass is 16.5. The summed E-state index contributed by atoms with van der Waals surface area (Å²) in [6, 6.07) is 13.6. The van der Waals surface area contributed by atoms with Gasteiger partial charge in [0.1, 0.15) is 0 Å². The van der Waals surface area contributed by atoms with Crippen molar-refractivity contribution >= 4 is 23.3 Å². The average molecular weight is 328 g/mol. The Balaban J connectivity index is 1.67. The van der Waals surface area contributed by atoms with Crippen LogP contribution >= 0.6 is 0 Å². The van der Waals surface area contributed by atoms with Crippen LogP contribution in [-0.2, 0) is 9.59 Å². The van der Waals surface area contributed by atoms with Gasteiger partial charge in [0.05, 0.1) is 11.4 Å². The molecular formula is C18H20N2O4. The maximum Gasteiger partial charge on any atom is 0.311 e. The largest absolute Gasteiger partial charge is 0.424 e. The molecule has 0 fully saturated rings. The minimum atomic E-state index is -0.381. The molecule has 0 aromatic heterocycles. The average Bonchev–Trinajstić information content (AvgIpc) is 2.56. The molecule has 0 aliphatic rings. The van der Waals surface area contributed by atoms with E-state index < -0.39 is 0 Å². The number of nitrogen functional groups attached to an aromatic ring is 2. The second-order valence-corrected chi connectivity index (χ2v) is 5.23. The fourth-order valence-corrected chi connectivity index (χ4v) is 2.03. The van der Waals surface area contributed by atoms with Crippen LogP contribution in [0.4, 0.5) is 11.4 Å². The number of ether oxygens (including phenoxy) is 2. The Morgan fingerprint density at radius 3 is 1.46 bits per heavy atom. The van der Waals surface area contributed by atoms with Gasteiger partial charge >= 0.3 is 11.9 Å². The lowest BCUT2D eigenvalue weighted by Gasteiger charge is -2.07.